The first-order chi connectivity index (χ1) is 12.3. The number of piperidine rings is 1. The van der Waals surface area contributed by atoms with Crippen LogP contribution in [0.15, 0.2) is 4.99 Å². The average molecular weight is 354 g/mol. The van der Waals surface area contributed by atoms with Gasteiger partial charge in [0.2, 0.25) is 0 Å². The molecule has 0 aromatic heterocycles. The van der Waals surface area contributed by atoms with Crippen molar-refractivity contribution in [2.75, 3.05) is 59.5 Å². The van der Waals surface area contributed by atoms with Gasteiger partial charge in [-0.2, -0.15) is 0 Å². The number of aliphatic imine (C=N–C) groups is 1. The van der Waals surface area contributed by atoms with Crippen molar-refractivity contribution >= 4 is 5.96 Å². The number of methoxy groups -OCH3 is 1. The van der Waals surface area contributed by atoms with Crippen LogP contribution >= 0.6 is 0 Å². The van der Waals surface area contributed by atoms with Crippen molar-refractivity contribution in [3.05, 3.63) is 0 Å². The highest BCUT2D eigenvalue weighted by molar-refractivity contribution is 5.80. The molecular formula is C19H39N5O. The third-order valence-corrected chi connectivity index (χ3v) is 5.12. The van der Waals surface area contributed by atoms with Crippen molar-refractivity contribution in [2.24, 2.45) is 4.99 Å². The Hall–Kier alpha value is -0.850. The fraction of sp³-hybridized carbons (Fsp3) is 0.947. The first kappa shape index (κ1) is 20.5. The van der Waals surface area contributed by atoms with Crippen LogP contribution in [-0.4, -0.2) is 87.4 Å². The molecule has 0 unspecified atom stereocenters. The van der Waals surface area contributed by atoms with Crippen LogP contribution in [0, 0.1) is 0 Å². The lowest BCUT2D eigenvalue weighted by Crippen LogP contribution is -2.49. The number of guanidine groups is 1. The molecule has 2 rings (SSSR count). The zero-order valence-electron chi connectivity index (χ0n) is 16.6. The Bertz CT molecular complexity index is 378. The van der Waals surface area contributed by atoms with E-state index >= 15 is 0 Å². The van der Waals surface area contributed by atoms with Crippen LogP contribution in [0.4, 0.5) is 0 Å². The molecule has 25 heavy (non-hydrogen) atoms. The minimum atomic E-state index is 0.555. The molecule has 1 saturated carbocycles. The molecule has 0 radical (unpaired) electrons. The third-order valence-electron chi connectivity index (χ3n) is 5.12. The van der Waals surface area contributed by atoms with Crippen molar-refractivity contribution in [1.29, 1.82) is 0 Å². The zero-order valence-corrected chi connectivity index (χ0v) is 16.6. The lowest BCUT2D eigenvalue weighted by atomic mass is 10.1. The minimum Gasteiger partial charge on any atom is -0.383 e. The second-order valence-corrected chi connectivity index (χ2v) is 7.28. The number of rotatable bonds is 11. The van der Waals surface area contributed by atoms with Crippen LogP contribution in [0.3, 0.4) is 0 Å². The predicted molar refractivity (Wildman–Crippen MR) is 105 cm³/mol. The van der Waals surface area contributed by atoms with E-state index in [9.17, 15) is 0 Å². The van der Waals surface area contributed by atoms with E-state index in [4.69, 9.17) is 9.73 Å². The highest BCUT2D eigenvalue weighted by Gasteiger charge is 2.28. The highest BCUT2D eigenvalue weighted by Crippen LogP contribution is 2.26. The second-order valence-electron chi connectivity index (χ2n) is 7.28. The highest BCUT2D eigenvalue weighted by atomic mass is 16.5. The molecule has 1 heterocycles. The van der Waals surface area contributed by atoms with Gasteiger partial charge in [-0.1, -0.05) is 6.92 Å². The van der Waals surface area contributed by atoms with Crippen molar-refractivity contribution in [2.45, 2.75) is 58.0 Å². The average Bonchev–Trinajstić information content (AvgIpc) is 3.45. The van der Waals surface area contributed by atoms with Gasteiger partial charge >= 0.3 is 0 Å². The number of hydrogen-bond acceptors (Lipinski definition) is 4. The van der Waals surface area contributed by atoms with E-state index in [2.05, 4.69) is 34.3 Å². The molecular weight excluding hydrogens is 314 g/mol. The van der Waals surface area contributed by atoms with Crippen LogP contribution in [0.2, 0.25) is 0 Å². The molecule has 0 bridgehead atoms. The summed E-state index contributed by atoms with van der Waals surface area (Å²) in [6, 6.07) is 1.32. The van der Waals surface area contributed by atoms with E-state index in [-0.39, 0.29) is 0 Å². The van der Waals surface area contributed by atoms with E-state index in [1.807, 2.05) is 0 Å². The second kappa shape index (κ2) is 11.7. The standard InChI is InChI=1S/C19H39N5O/c1-4-11-23-12-8-17(9-13-23)22-19(20-5-2)21-10-14-24(15-16-25-3)18-6-7-18/h17-18H,4-16H2,1-3H3,(H2,20,21,22). The van der Waals surface area contributed by atoms with Crippen LogP contribution < -0.4 is 10.6 Å². The topological polar surface area (TPSA) is 52.1 Å². The largest absolute Gasteiger partial charge is 0.383 e. The Balaban J connectivity index is 1.74. The van der Waals surface area contributed by atoms with Gasteiger partial charge < -0.3 is 20.3 Å². The van der Waals surface area contributed by atoms with Crippen LogP contribution in [0.25, 0.3) is 0 Å². The maximum absolute atomic E-state index is 5.24. The maximum Gasteiger partial charge on any atom is 0.191 e. The Morgan fingerprint density at radius 1 is 1.16 bits per heavy atom. The molecule has 6 heteroatoms. The number of nitrogens with zero attached hydrogens (tertiary/aromatic N) is 3. The summed E-state index contributed by atoms with van der Waals surface area (Å²) in [5, 5.41) is 7.06. The molecule has 0 amide bonds. The Kier molecular flexibility index (Phi) is 9.58. The summed E-state index contributed by atoms with van der Waals surface area (Å²) in [6.07, 6.45) is 6.35. The fourth-order valence-electron chi connectivity index (χ4n) is 3.55. The Labute approximate surface area is 154 Å². The van der Waals surface area contributed by atoms with Gasteiger partial charge in [0.1, 0.15) is 0 Å². The molecule has 1 aliphatic heterocycles. The molecule has 0 aromatic rings. The number of nitrogens with one attached hydrogen (secondary N) is 2. The van der Waals surface area contributed by atoms with E-state index in [0.717, 1.165) is 44.8 Å². The van der Waals surface area contributed by atoms with E-state index in [0.29, 0.717) is 6.04 Å². The van der Waals surface area contributed by atoms with Gasteiger partial charge in [0.25, 0.3) is 0 Å². The smallest absolute Gasteiger partial charge is 0.191 e. The Morgan fingerprint density at radius 3 is 2.52 bits per heavy atom. The number of likely N-dealkylation sites (tertiary alicyclic amines) is 1. The Morgan fingerprint density at radius 2 is 1.92 bits per heavy atom. The molecule has 0 aromatic carbocycles. The maximum atomic E-state index is 5.24. The summed E-state index contributed by atoms with van der Waals surface area (Å²) in [5.41, 5.74) is 0. The van der Waals surface area contributed by atoms with Gasteiger partial charge in [-0.3, -0.25) is 9.89 Å². The number of hydrogen-bond donors (Lipinski definition) is 2. The normalized spacial score (nSPS) is 20.2. The molecule has 2 N–H and O–H groups in total. The monoisotopic (exact) mass is 353 g/mol. The number of ether oxygens (including phenoxy) is 1. The molecule has 2 aliphatic rings. The summed E-state index contributed by atoms with van der Waals surface area (Å²) >= 11 is 0. The van der Waals surface area contributed by atoms with Gasteiger partial charge in [-0.05, 0) is 45.6 Å². The minimum absolute atomic E-state index is 0.555. The SMILES string of the molecule is CCCN1CCC(NC(=NCCN(CCOC)C2CC2)NCC)CC1. The van der Waals surface area contributed by atoms with Gasteiger partial charge in [0.15, 0.2) is 5.96 Å². The summed E-state index contributed by atoms with van der Waals surface area (Å²) in [4.78, 5) is 9.92. The first-order valence-corrected chi connectivity index (χ1v) is 10.3. The fourth-order valence-corrected chi connectivity index (χ4v) is 3.55. The molecule has 146 valence electrons. The summed E-state index contributed by atoms with van der Waals surface area (Å²) in [7, 11) is 1.78. The lowest BCUT2D eigenvalue weighted by molar-refractivity contribution is 0.145. The van der Waals surface area contributed by atoms with Gasteiger partial charge in [0, 0.05) is 51.9 Å². The van der Waals surface area contributed by atoms with Gasteiger partial charge in [-0.25, -0.2) is 0 Å². The van der Waals surface area contributed by atoms with E-state index < -0.39 is 0 Å². The predicted octanol–water partition coefficient (Wildman–Crippen LogP) is 1.53. The summed E-state index contributed by atoms with van der Waals surface area (Å²) in [5.74, 6) is 0.985. The van der Waals surface area contributed by atoms with Gasteiger partial charge in [0.05, 0.1) is 13.2 Å². The zero-order chi connectivity index (χ0) is 17.9. The first-order valence-electron chi connectivity index (χ1n) is 10.3. The van der Waals surface area contributed by atoms with E-state index in [1.165, 1.54) is 51.7 Å². The van der Waals surface area contributed by atoms with E-state index in [1.54, 1.807) is 7.11 Å². The molecule has 1 saturated heterocycles. The van der Waals surface area contributed by atoms with Crippen LogP contribution in [0.1, 0.15) is 46.0 Å². The molecule has 0 spiro atoms. The molecule has 0 atom stereocenters. The quantitative estimate of drug-likeness (QED) is 0.436. The molecule has 1 aliphatic carbocycles. The van der Waals surface area contributed by atoms with Gasteiger partial charge in [-0.15, -0.1) is 0 Å². The third kappa shape index (κ3) is 7.92. The summed E-state index contributed by atoms with van der Waals surface area (Å²) < 4.78 is 5.24. The summed E-state index contributed by atoms with van der Waals surface area (Å²) in [6.45, 7) is 12.7. The van der Waals surface area contributed by atoms with Crippen molar-refractivity contribution in [1.82, 2.24) is 20.4 Å². The molecule has 6 nitrogen and oxygen atoms in total. The van der Waals surface area contributed by atoms with Crippen LogP contribution in [0.5, 0.6) is 0 Å². The van der Waals surface area contributed by atoms with Crippen molar-refractivity contribution < 1.29 is 4.74 Å². The van der Waals surface area contributed by atoms with Crippen molar-refractivity contribution in [3.8, 4) is 0 Å². The van der Waals surface area contributed by atoms with Crippen LogP contribution in [-0.2, 0) is 4.74 Å². The lowest BCUT2D eigenvalue weighted by Gasteiger charge is -2.32. The van der Waals surface area contributed by atoms with Crippen molar-refractivity contribution in [3.63, 3.8) is 0 Å². The molecule has 2 fully saturated rings.